The van der Waals surface area contributed by atoms with E-state index in [1.807, 2.05) is 42.5 Å². The van der Waals surface area contributed by atoms with E-state index in [0.717, 1.165) is 49.7 Å². The molecule has 0 saturated heterocycles. The lowest BCUT2D eigenvalue weighted by molar-refractivity contribution is 0.673. The van der Waals surface area contributed by atoms with E-state index in [2.05, 4.69) is 108 Å². The minimum atomic E-state index is -0.624. The lowest BCUT2D eigenvalue weighted by Gasteiger charge is -2.26. The first-order chi connectivity index (χ1) is 31.5. The zero-order valence-corrected chi connectivity index (χ0v) is 29.9. The number of para-hydroxylation sites is 1. The molecule has 0 spiro atoms. The minimum absolute atomic E-state index is 0.00589. The average molecular weight is 723 g/mol. The Kier molecular flexibility index (Phi) is 5.66. The number of anilines is 3. The Morgan fingerprint density at radius 2 is 1.02 bits per heavy atom. The standard InChI is InChI=1S/C54H35NO/c1-3-12-36(13-4-1)37-22-24-39(25-23-37)47-20-11-21-52-53(47)51-35-50(48-18-9-10-19-49(48)54(51)56-52)40-28-30-43(31-29-40)55(42-15-5-2-6-16-42)44-32-33-46-41(34-44)27-26-38-14-7-8-17-45(38)46/h1-35H/i1D,3D,4D,12D,13D,22D,23D,24D,25D. The van der Waals surface area contributed by atoms with Crippen molar-refractivity contribution in [1.29, 1.82) is 0 Å². The molecule has 0 bridgehead atoms. The van der Waals surface area contributed by atoms with Crippen molar-refractivity contribution >= 4 is 71.3 Å². The first kappa shape index (κ1) is 24.1. The monoisotopic (exact) mass is 722 g/mol. The zero-order valence-electron chi connectivity index (χ0n) is 38.9. The largest absolute Gasteiger partial charge is 0.455 e. The Bertz CT molecular complexity index is 3710. The van der Waals surface area contributed by atoms with Crippen LogP contribution < -0.4 is 4.90 Å². The van der Waals surface area contributed by atoms with Gasteiger partial charge in [0.25, 0.3) is 0 Å². The van der Waals surface area contributed by atoms with Crippen molar-refractivity contribution in [2.45, 2.75) is 0 Å². The Labute approximate surface area is 337 Å². The van der Waals surface area contributed by atoms with Crippen LogP contribution in [0.5, 0.6) is 0 Å². The first-order valence-electron chi connectivity index (χ1n) is 22.9. The Balaban J connectivity index is 1.07. The summed E-state index contributed by atoms with van der Waals surface area (Å²) in [5, 5.41) is 7.88. The second-order valence-electron chi connectivity index (χ2n) is 13.8. The minimum Gasteiger partial charge on any atom is -0.455 e. The number of hydrogen-bond acceptors (Lipinski definition) is 2. The predicted molar refractivity (Wildman–Crippen MR) is 237 cm³/mol. The third-order valence-corrected chi connectivity index (χ3v) is 10.6. The maximum Gasteiger partial charge on any atom is 0.143 e. The van der Waals surface area contributed by atoms with Crippen LogP contribution in [0, 0.1) is 0 Å². The van der Waals surface area contributed by atoms with Crippen LogP contribution in [0.2, 0.25) is 0 Å². The van der Waals surface area contributed by atoms with E-state index in [1.54, 1.807) is 12.1 Å². The highest BCUT2D eigenvalue weighted by molar-refractivity contribution is 6.22. The van der Waals surface area contributed by atoms with Gasteiger partial charge in [-0.3, -0.25) is 0 Å². The van der Waals surface area contributed by atoms with Gasteiger partial charge in [0.15, 0.2) is 0 Å². The summed E-state index contributed by atoms with van der Waals surface area (Å²) in [6.07, 6.45) is 0. The summed E-state index contributed by atoms with van der Waals surface area (Å²) >= 11 is 0. The van der Waals surface area contributed by atoms with Crippen LogP contribution in [-0.2, 0) is 0 Å². The van der Waals surface area contributed by atoms with E-state index < -0.39 is 54.4 Å². The highest BCUT2D eigenvalue weighted by atomic mass is 16.3. The third kappa shape index (κ3) is 5.34. The van der Waals surface area contributed by atoms with Crippen molar-refractivity contribution in [2.75, 3.05) is 4.90 Å². The fourth-order valence-corrected chi connectivity index (χ4v) is 8.00. The van der Waals surface area contributed by atoms with Gasteiger partial charge in [0.05, 0.1) is 12.3 Å². The first-order valence-corrected chi connectivity index (χ1v) is 18.4. The van der Waals surface area contributed by atoms with E-state index in [-0.39, 0.29) is 16.7 Å². The summed E-state index contributed by atoms with van der Waals surface area (Å²) in [7, 11) is 0. The molecule has 0 amide bonds. The van der Waals surface area contributed by atoms with Crippen molar-refractivity contribution in [3.8, 4) is 33.4 Å². The summed E-state index contributed by atoms with van der Waals surface area (Å²) in [6, 6.07) is 48.5. The number of benzene rings is 10. The van der Waals surface area contributed by atoms with Gasteiger partial charge < -0.3 is 9.32 Å². The topological polar surface area (TPSA) is 16.4 Å². The van der Waals surface area contributed by atoms with Crippen LogP contribution in [-0.4, -0.2) is 0 Å². The second-order valence-corrected chi connectivity index (χ2v) is 13.8. The van der Waals surface area contributed by atoms with Crippen LogP contribution in [0.15, 0.2) is 217 Å². The molecule has 56 heavy (non-hydrogen) atoms. The lowest BCUT2D eigenvalue weighted by atomic mass is 9.93. The summed E-state index contributed by atoms with van der Waals surface area (Å²) in [6.45, 7) is 0. The molecule has 1 aromatic heterocycles. The zero-order chi connectivity index (χ0) is 44.8. The molecule has 0 N–H and O–H groups in total. The van der Waals surface area contributed by atoms with Crippen LogP contribution >= 0.6 is 0 Å². The molecular formula is C54H35NO. The Morgan fingerprint density at radius 3 is 1.84 bits per heavy atom. The molecule has 2 heteroatoms. The number of furan rings is 1. The fourth-order valence-electron chi connectivity index (χ4n) is 8.00. The molecule has 2 nitrogen and oxygen atoms in total. The van der Waals surface area contributed by atoms with E-state index in [9.17, 15) is 2.74 Å². The predicted octanol–water partition coefficient (Wildman–Crippen LogP) is 15.5. The second kappa shape index (κ2) is 13.2. The molecule has 0 aliphatic rings. The smallest absolute Gasteiger partial charge is 0.143 e. The number of rotatable bonds is 6. The molecule has 0 aliphatic carbocycles. The maximum absolute atomic E-state index is 9.27. The molecule has 10 aromatic carbocycles. The highest BCUT2D eigenvalue weighted by Crippen LogP contribution is 2.44. The van der Waals surface area contributed by atoms with Crippen molar-refractivity contribution in [1.82, 2.24) is 0 Å². The quantitative estimate of drug-likeness (QED) is 0.159. The van der Waals surface area contributed by atoms with Gasteiger partial charge in [0.2, 0.25) is 0 Å². The molecule has 0 aliphatic heterocycles. The fraction of sp³-hybridized carbons (Fsp3) is 0. The van der Waals surface area contributed by atoms with Crippen LogP contribution in [0.4, 0.5) is 17.1 Å². The van der Waals surface area contributed by atoms with Gasteiger partial charge in [-0.25, -0.2) is 0 Å². The molecule has 0 unspecified atom stereocenters. The molecular weight excluding hydrogens is 679 g/mol. The molecule has 11 rings (SSSR count). The van der Waals surface area contributed by atoms with Gasteiger partial charge >= 0.3 is 0 Å². The van der Waals surface area contributed by atoms with Crippen molar-refractivity contribution < 1.29 is 16.8 Å². The highest BCUT2D eigenvalue weighted by Gasteiger charge is 2.19. The molecule has 0 fully saturated rings. The normalized spacial score (nSPS) is 13.8. The lowest BCUT2D eigenvalue weighted by Crippen LogP contribution is -2.09. The molecule has 0 atom stereocenters. The van der Waals surface area contributed by atoms with Gasteiger partial charge in [-0.05, 0) is 109 Å². The number of nitrogens with zero attached hydrogens (tertiary/aromatic N) is 1. The number of hydrogen-bond donors (Lipinski definition) is 0. The molecule has 1 heterocycles. The van der Waals surface area contributed by atoms with Crippen molar-refractivity contribution in [3.63, 3.8) is 0 Å². The van der Waals surface area contributed by atoms with Crippen molar-refractivity contribution in [3.05, 3.63) is 212 Å². The van der Waals surface area contributed by atoms with E-state index >= 15 is 0 Å². The van der Waals surface area contributed by atoms with Crippen molar-refractivity contribution in [2.24, 2.45) is 0 Å². The molecule has 262 valence electrons. The average Bonchev–Trinajstić information content (AvgIpc) is 3.73. The van der Waals surface area contributed by atoms with E-state index in [4.69, 9.17) is 14.0 Å². The van der Waals surface area contributed by atoms with Gasteiger partial charge in [-0.2, -0.15) is 0 Å². The van der Waals surface area contributed by atoms with E-state index in [1.165, 1.54) is 16.2 Å². The summed E-state index contributed by atoms with van der Waals surface area (Å²) in [4.78, 5) is 2.25. The van der Waals surface area contributed by atoms with Gasteiger partial charge in [-0.1, -0.05) is 164 Å². The Hall–Kier alpha value is -7.42. The summed E-state index contributed by atoms with van der Waals surface area (Å²) < 4.78 is 84.9. The molecule has 0 radical (unpaired) electrons. The summed E-state index contributed by atoms with van der Waals surface area (Å²) in [5.41, 5.74) is 5.64. The Morgan fingerprint density at radius 1 is 0.375 bits per heavy atom. The van der Waals surface area contributed by atoms with Crippen LogP contribution in [0.1, 0.15) is 12.3 Å². The third-order valence-electron chi connectivity index (χ3n) is 10.6. The van der Waals surface area contributed by atoms with Gasteiger partial charge in [0, 0.05) is 33.2 Å². The maximum atomic E-state index is 9.27. The van der Waals surface area contributed by atoms with Gasteiger partial charge in [0.1, 0.15) is 11.2 Å². The summed E-state index contributed by atoms with van der Waals surface area (Å²) in [5.74, 6) is 0. The molecule has 11 aromatic rings. The molecule has 0 saturated carbocycles. The van der Waals surface area contributed by atoms with E-state index in [0.29, 0.717) is 22.1 Å². The van der Waals surface area contributed by atoms with Crippen LogP contribution in [0.25, 0.3) is 87.6 Å². The van der Waals surface area contributed by atoms with Gasteiger partial charge in [-0.15, -0.1) is 0 Å². The van der Waals surface area contributed by atoms with Crippen LogP contribution in [0.3, 0.4) is 0 Å². The SMILES string of the molecule is [2H]c1c([2H])c([2H])c(-c2c([2H])c([2H])c(-c3cccc4oc5c6ccccc6c(-c6ccc(N(c7ccccc7)c7ccc8c(ccc9ccccc98)c7)cc6)cc5c34)c([2H])c2[2H])c([2H])c1[2H]. The number of fused-ring (bicyclic) bond motifs is 8.